The Morgan fingerprint density at radius 3 is 2.62 bits per heavy atom. The maximum Gasteiger partial charge on any atom is 0.335 e. The van der Waals surface area contributed by atoms with E-state index in [9.17, 15) is 9.59 Å². The number of carbonyl (C=O) groups excluding carboxylic acids is 1. The van der Waals surface area contributed by atoms with Crippen LogP contribution in [0.25, 0.3) is 0 Å². The van der Waals surface area contributed by atoms with Crippen LogP contribution in [-0.2, 0) is 6.42 Å². The van der Waals surface area contributed by atoms with Crippen molar-refractivity contribution in [2.24, 2.45) is 0 Å². The lowest BCUT2D eigenvalue weighted by molar-refractivity contribution is 0.0696. The first-order chi connectivity index (χ1) is 10.2. The lowest BCUT2D eigenvalue weighted by atomic mass is 9.99. The number of urea groups is 1. The highest BCUT2D eigenvalue weighted by Crippen LogP contribution is 2.29. The van der Waals surface area contributed by atoms with E-state index in [0.717, 1.165) is 48.7 Å². The first-order valence-electron chi connectivity index (χ1n) is 7.17. The molecule has 112 valence electrons. The van der Waals surface area contributed by atoms with Crippen LogP contribution in [0.1, 0.15) is 22.3 Å². The van der Waals surface area contributed by atoms with Gasteiger partial charge in [-0.05, 0) is 36.6 Å². The van der Waals surface area contributed by atoms with Crippen LogP contribution in [0, 0.1) is 0 Å². The van der Waals surface area contributed by atoms with Gasteiger partial charge in [-0.1, -0.05) is 0 Å². The number of hydrogen-bond donors (Lipinski definition) is 1. The third kappa shape index (κ3) is 2.85. The summed E-state index contributed by atoms with van der Waals surface area (Å²) in [5, 5.41) is 9.07. The number of nitrogens with zero attached hydrogens (tertiary/aromatic N) is 2. The van der Waals surface area contributed by atoms with E-state index in [-0.39, 0.29) is 11.6 Å². The van der Waals surface area contributed by atoms with Gasteiger partial charge in [-0.25, -0.2) is 9.59 Å². The lowest BCUT2D eigenvalue weighted by Crippen LogP contribution is -2.48. The van der Waals surface area contributed by atoms with E-state index in [1.54, 1.807) is 23.1 Å². The summed E-state index contributed by atoms with van der Waals surface area (Å²) < 4.78 is 0. The summed E-state index contributed by atoms with van der Waals surface area (Å²) >= 11 is 1.88. The SMILES string of the molecule is O=C(O)c1ccc2c(c1)CCCN2C(=O)N1CCSCC1. The van der Waals surface area contributed by atoms with Crippen molar-refractivity contribution in [1.29, 1.82) is 0 Å². The smallest absolute Gasteiger partial charge is 0.335 e. The molecule has 3 rings (SSSR count). The van der Waals surface area contributed by atoms with Gasteiger partial charge >= 0.3 is 12.0 Å². The number of carbonyl (C=O) groups is 2. The predicted octanol–water partition coefficient (Wildman–Crippen LogP) is 2.31. The van der Waals surface area contributed by atoms with E-state index < -0.39 is 5.97 Å². The molecule has 6 heteroatoms. The molecular weight excluding hydrogens is 288 g/mol. The average Bonchev–Trinajstić information content (AvgIpc) is 2.54. The monoisotopic (exact) mass is 306 g/mol. The average molecular weight is 306 g/mol. The van der Waals surface area contributed by atoms with Gasteiger partial charge < -0.3 is 10.0 Å². The Kier molecular flexibility index (Phi) is 4.05. The summed E-state index contributed by atoms with van der Waals surface area (Å²) in [6, 6.07) is 5.11. The second-order valence-electron chi connectivity index (χ2n) is 5.29. The Labute approximate surface area is 127 Å². The summed E-state index contributed by atoms with van der Waals surface area (Å²) in [5.74, 6) is 1.06. The zero-order valence-electron chi connectivity index (χ0n) is 11.7. The maximum atomic E-state index is 12.7. The third-order valence-corrected chi connectivity index (χ3v) is 4.90. The number of benzene rings is 1. The molecule has 0 aromatic heterocycles. The molecule has 2 amide bonds. The molecule has 2 aliphatic heterocycles. The number of aromatic carboxylic acids is 1. The van der Waals surface area contributed by atoms with Crippen molar-refractivity contribution in [3.8, 4) is 0 Å². The predicted molar refractivity (Wildman–Crippen MR) is 83.4 cm³/mol. The van der Waals surface area contributed by atoms with Crippen LogP contribution < -0.4 is 4.90 Å². The van der Waals surface area contributed by atoms with Crippen LogP contribution in [0.3, 0.4) is 0 Å². The number of rotatable bonds is 1. The number of carboxylic acids is 1. The van der Waals surface area contributed by atoms with E-state index in [0.29, 0.717) is 6.54 Å². The fraction of sp³-hybridized carbons (Fsp3) is 0.467. The van der Waals surface area contributed by atoms with E-state index in [2.05, 4.69) is 0 Å². The zero-order valence-corrected chi connectivity index (χ0v) is 12.6. The number of fused-ring (bicyclic) bond motifs is 1. The van der Waals surface area contributed by atoms with Crippen molar-refractivity contribution in [3.63, 3.8) is 0 Å². The minimum atomic E-state index is -0.922. The van der Waals surface area contributed by atoms with Crippen LogP contribution >= 0.6 is 11.8 Å². The Balaban J connectivity index is 1.86. The van der Waals surface area contributed by atoms with Gasteiger partial charge in [0.05, 0.1) is 5.56 Å². The number of carboxylic acid groups (broad SMARTS) is 1. The summed E-state index contributed by atoms with van der Waals surface area (Å²) in [6.07, 6.45) is 1.71. The normalized spacial score (nSPS) is 18.3. The number of anilines is 1. The highest BCUT2D eigenvalue weighted by Gasteiger charge is 2.28. The van der Waals surface area contributed by atoms with Crippen LogP contribution in [0.4, 0.5) is 10.5 Å². The summed E-state index contributed by atoms with van der Waals surface area (Å²) in [4.78, 5) is 27.4. The molecule has 1 N–H and O–H groups in total. The van der Waals surface area contributed by atoms with Gasteiger partial charge in [-0.2, -0.15) is 11.8 Å². The Morgan fingerprint density at radius 2 is 1.90 bits per heavy atom. The molecule has 0 spiro atoms. The van der Waals surface area contributed by atoms with Gasteiger partial charge in [0, 0.05) is 36.8 Å². The van der Waals surface area contributed by atoms with Crippen molar-refractivity contribution in [1.82, 2.24) is 4.90 Å². The molecule has 1 aromatic rings. The molecular formula is C15H18N2O3S. The number of thioether (sulfide) groups is 1. The Bertz CT molecular complexity index is 570. The molecule has 21 heavy (non-hydrogen) atoms. The van der Waals surface area contributed by atoms with Crippen LogP contribution in [0.5, 0.6) is 0 Å². The van der Waals surface area contributed by atoms with Crippen molar-refractivity contribution in [2.45, 2.75) is 12.8 Å². The number of hydrogen-bond acceptors (Lipinski definition) is 3. The molecule has 0 atom stereocenters. The number of amides is 2. The second-order valence-corrected chi connectivity index (χ2v) is 6.51. The van der Waals surface area contributed by atoms with Gasteiger partial charge in [0.15, 0.2) is 0 Å². The van der Waals surface area contributed by atoms with E-state index in [4.69, 9.17) is 5.11 Å². The molecule has 1 fully saturated rings. The molecule has 0 saturated carbocycles. The molecule has 5 nitrogen and oxygen atoms in total. The van der Waals surface area contributed by atoms with Gasteiger partial charge in [-0.3, -0.25) is 4.90 Å². The topological polar surface area (TPSA) is 60.9 Å². The van der Waals surface area contributed by atoms with Gasteiger partial charge in [0.25, 0.3) is 0 Å². The summed E-state index contributed by atoms with van der Waals surface area (Å²) in [5.41, 5.74) is 2.12. The minimum Gasteiger partial charge on any atom is -0.478 e. The van der Waals surface area contributed by atoms with Crippen molar-refractivity contribution in [2.75, 3.05) is 36.0 Å². The Morgan fingerprint density at radius 1 is 1.14 bits per heavy atom. The highest BCUT2D eigenvalue weighted by molar-refractivity contribution is 7.99. The maximum absolute atomic E-state index is 12.7. The largest absolute Gasteiger partial charge is 0.478 e. The first-order valence-corrected chi connectivity index (χ1v) is 8.32. The second kappa shape index (κ2) is 5.97. The first kappa shape index (κ1) is 14.3. The fourth-order valence-corrected chi connectivity index (χ4v) is 3.76. The van der Waals surface area contributed by atoms with Crippen LogP contribution in [-0.4, -0.2) is 53.1 Å². The lowest BCUT2D eigenvalue weighted by Gasteiger charge is -2.36. The molecule has 0 bridgehead atoms. The standard InChI is InChI=1S/C15H18N2O3S/c18-14(19)12-3-4-13-11(10-12)2-1-5-17(13)15(20)16-6-8-21-9-7-16/h3-4,10H,1-2,5-9H2,(H,18,19). The highest BCUT2D eigenvalue weighted by atomic mass is 32.2. The van der Waals surface area contributed by atoms with Gasteiger partial charge in [0.1, 0.15) is 0 Å². The zero-order chi connectivity index (χ0) is 14.8. The Hall–Kier alpha value is -1.69. The molecule has 1 aromatic carbocycles. The van der Waals surface area contributed by atoms with Crippen LogP contribution in [0.2, 0.25) is 0 Å². The van der Waals surface area contributed by atoms with Gasteiger partial charge in [-0.15, -0.1) is 0 Å². The third-order valence-electron chi connectivity index (χ3n) is 3.96. The molecule has 0 unspecified atom stereocenters. The van der Waals surface area contributed by atoms with Crippen molar-refractivity contribution >= 4 is 29.4 Å². The van der Waals surface area contributed by atoms with E-state index in [1.807, 2.05) is 16.7 Å². The van der Waals surface area contributed by atoms with Crippen molar-refractivity contribution in [3.05, 3.63) is 29.3 Å². The van der Waals surface area contributed by atoms with Gasteiger partial charge in [0.2, 0.25) is 0 Å². The van der Waals surface area contributed by atoms with Crippen molar-refractivity contribution < 1.29 is 14.7 Å². The van der Waals surface area contributed by atoms with Crippen LogP contribution in [0.15, 0.2) is 18.2 Å². The molecule has 1 saturated heterocycles. The summed E-state index contributed by atoms with van der Waals surface area (Å²) in [7, 11) is 0. The molecule has 2 heterocycles. The minimum absolute atomic E-state index is 0.0549. The molecule has 0 aliphatic carbocycles. The molecule has 0 radical (unpaired) electrons. The number of aryl methyl sites for hydroxylation is 1. The molecule has 2 aliphatic rings. The summed E-state index contributed by atoms with van der Waals surface area (Å²) in [6.45, 7) is 2.30. The van der Waals surface area contributed by atoms with E-state index in [1.165, 1.54) is 0 Å². The fourth-order valence-electron chi connectivity index (χ4n) is 2.85. The van der Waals surface area contributed by atoms with E-state index >= 15 is 0 Å². The quantitative estimate of drug-likeness (QED) is 0.865.